The van der Waals surface area contributed by atoms with E-state index >= 15 is 0 Å². The van der Waals surface area contributed by atoms with Crippen LogP contribution in [0.2, 0.25) is 0 Å². The topological polar surface area (TPSA) is 128 Å². The number of furan rings is 1. The standard InChI is InChI=1S/C16H19N3O6/c20-12(17-14(16(21)22)10-3-1-7-23-9-10)5-6-13-18-15(19-25-13)11-4-2-8-24-11/h2,4,8,10,14H,1,3,5-7,9H2,(H,17,20)(H,21,22). The number of hydrogen-bond donors (Lipinski definition) is 2. The number of carboxylic acid groups (broad SMARTS) is 1. The first-order valence-corrected chi connectivity index (χ1v) is 8.10. The first-order chi connectivity index (χ1) is 12.1. The highest BCUT2D eigenvalue weighted by Crippen LogP contribution is 2.19. The van der Waals surface area contributed by atoms with Gasteiger partial charge >= 0.3 is 5.97 Å². The van der Waals surface area contributed by atoms with Gasteiger partial charge in [-0.15, -0.1) is 0 Å². The average molecular weight is 349 g/mol. The summed E-state index contributed by atoms with van der Waals surface area (Å²) in [6, 6.07) is 2.46. The summed E-state index contributed by atoms with van der Waals surface area (Å²) in [7, 11) is 0. The lowest BCUT2D eigenvalue weighted by Gasteiger charge is -2.28. The number of carboxylic acids is 1. The second-order valence-corrected chi connectivity index (χ2v) is 5.85. The van der Waals surface area contributed by atoms with Crippen molar-refractivity contribution in [1.29, 1.82) is 0 Å². The zero-order valence-corrected chi connectivity index (χ0v) is 13.5. The van der Waals surface area contributed by atoms with E-state index in [1.807, 2.05) is 0 Å². The van der Waals surface area contributed by atoms with Gasteiger partial charge in [0.15, 0.2) is 5.76 Å². The molecule has 2 atom stereocenters. The van der Waals surface area contributed by atoms with E-state index < -0.39 is 12.0 Å². The Bertz CT molecular complexity index is 705. The molecule has 9 heteroatoms. The van der Waals surface area contributed by atoms with E-state index in [0.29, 0.717) is 31.2 Å². The molecule has 0 aliphatic carbocycles. The second-order valence-electron chi connectivity index (χ2n) is 5.85. The van der Waals surface area contributed by atoms with Crippen molar-refractivity contribution in [2.24, 2.45) is 5.92 Å². The van der Waals surface area contributed by atoms with Crippen LogP contribution in [0.5, 0.6) is 0 Å². The monoisotopic (exact) mass is 349 g/mol. The average Bonchev–Trinajstić information content (AvgIpc) is 3.29. The number of rotatable bonds is 7. The molecule has 2 N–H and O–H groups in total. The van der Waals surface area contributed by atoms with Gasteiger partial charge < -0.3 is 24.1 Å². The third-order valence-electron chi connectivity index (χ3n) is 4.03. The van der Waals surface area contributed by atoms with E-state index in [1.54, 1.807) is 12.1 Å². The Morgan fingerprint density at radius 1 is 1.44 bits per heavy atom. The largest absolute Gasteiger partial charge is 0.480 e. The van der Waals surface area contributed by atoms with Crippen molar-refractivity contribution in [3.8, 4) is 11.6 Å². The van der Waals surface area contributed by atoms with Gasteiger partial charge in [-0.1, -0.05) is 5.16 Å². The molecule has 1 amide bonds. The van der Waals surface area contributed by atoms with Crippen LogP contribution in [0.1, 0.15) is 25.2 Å². The van der Waals surface area contributed by atoms with Crippen LogP contribution in [0.15, 0.2) is 27.3 Å². The van der Waals surface area contributed by atoms with E-state index in [0.717, 1.165) is 6.42 Å². The Hall–Kier alpha value is -2.68. The molecule has 3 rings (SSSR count). The van der Waals surface area contributed by atoms with Gasteiger partial charge in [-0.3, -0.25) is 4.79 Å². The van der Waals surface area contributed by atoms with Gasteiger partial charge in [0.1, 0.15) is 6.04 Å². The first kappa shape index (κ1) is 17.2. The molecule has 1 aliphatic rings. The number of amides is 1. The van der Waals surface area contributed by atoms with Gasteiger partial charge in [0.25, 0.3) is 0 Å². The molecule has 25 heavy (non-hydrogen) atoms. The van der Waals surface area contributed by atoms with Crippen LogP contribution in [0.25, 0.3) is 11.6 Å². The number of aliphatic carboxylic acids is 1. The van der Waals surface area contributed by atoms with Gasteiger partial charge in [-0.2, -0.15) is 4.98 Å². The van der Waals surface area contributed by atoms with Gasteiger partial charge in [-0.25, -0.2) is 4.79 Å². The molecule has 1 saturated heterocycles. The SMILES string of the molecule is O=C(CCc1nc(-c2ccco2)no1)NC(C(=O)O)C1CCCOC1. The summed E-state index contributed by atoms with van der Waals surface area (Å²) in [6.45, 7) is 0.972. The van der Waals surface area contributed by atoms with Crippen LogP contribution >= 0.6 is 0 Å². The van der Waals surface area contributed by atoms with Crippen molar-refractivity contribution in [1.82, 2.24) is 15.5 Å². The minimum Gasteiger partial charge on any atom is -0.480 e. The summed E-state index contributed by atoms with van der Waals surface area (Å²) in [5.41, 5.74) is 0. The zero-order valence-electron chi connectivity index (χ0n) is 13.5. The number of aromatic nitrogens is 2. The van der Waals surface area contributed by atoms with E-state index in [-0.39, 0.29) is 30.6 Å². The normalized spacial score (nSPS) is 18.6. The number of aryl methyl sites for hydroxylation is 1. The number of nitrogens with zero attached hydrogens (tertiary/aromatic N) is 2. The smallest absolute Gasteiger partial charge is 0.326 e. The quantitative estimate of drug-likeness (QED) is 0.764. The minimum absolute atomic E-state index is 0.0527. The molecule has 9 nitrogen and oxygen atoms in total. The molecule has 2 aromatic rings. The Morgan fingerprint density at radius 2 is 2.32 bits per heavy atom. The van der Waals surface area contributed by atoms with Crippen molar-refractivity contribution in [2.75, 3.05) is 13.2 Å². The summed E-state index contributed by atoms with van der Waals surface area (Å²) in [6.07, 6.45) is 3.28. The maximum absolute atomic E-state index is 12.1. The van der Waals surface area contributed by atoms with Gasteiger partial charge in [0.05, 0.1) is 12.9 Å². The Kier molecular flexibility index (Phi) is 5.44. The molecule has 0 radical (unpaired) electrons. The van der Waals surface area contributed by atoms with Crippen LogP contribution < -0.4 is 5.32 Å². The highest BCUT2D eigenvalue weighted by Gasteiger charge is 2.31. The van der Waals surface area contributed by atoms with E-state index in [4.69, 9.17) is 13.7 Å². The lowest BCUT2D eigenvalue weighted by atomic mass is 9.93. The molecule has 2 aromatic heterocycles. The van der Waals surface area contributed by atoms with Gasteiger partial charge in [-0.05, 0) is 25.0 Å². The number of carbonyl (C=O) groups excluding carboxylic acids is 1. The molecule has 3 heterocycles. The predicted octanol–water partition coefficient (Wildman–Crippen LogP) is 1.26. The maximum atomic E-state index is 12.1. The highest BCUT2D eigenvalue weighted by atomic mass is 16.5. The van der Waals surface area contributed by atoms with Crippen LogP contribution in [-0.4, -0.2) is 46.4 Å². The number of carbonyl (C=O) groups is 2. The summed E-state index contributed by atoms with van der Waals surface area (Å²) in [5.74, 6) is -0.582. The Morgan fingerprint density at radius 3 is 3.00 bits per heavy atom. The molecule has 0 spiro atoms. The molecule has 0 aromatic carbocycles. The van der Waals surface area contributed by atoms with Crippen LogP contribution in [-0.2, 0) is 20.7 Å². The Balaban J connectivity index is 1.52. The fourth-order valence-electron chi connectivity index (χ4n) is 2.74. The van der Waals surface area contributed by atoms with Gasteiger partial charge in [0.2, 0.25) is 17.6 Å². The number of nitrogens with one attached hydrogen (secondary N) is 1. The van der Waals surface area contributed by atoms with E-state index in [9.17, 15) is 14.7 Å². The summed E-state index contributed by atoms with van der Waals surface area (Å²) in [4.78, 5) is 27.6. The van der Waals surface area contributed by atoms with Gasteiger partial charge in [0, 0.05) is 25.4 Å². The highest BCUT2D eigenvalue weighted by molar-refractivity contribution is 5.83. The molecule has 0 bridgehead atoms. The predicted molar refractivity (Wildman–Crippen MR) is 83.4 cm³/mol. The van der Waals surface area contributed by atoms with E-state index in [2.05, 4.69) is 15.5 Å². The lowest BCUT2D eigenvalue weighted by Crippen LogP contribution is -2.48. The third kappa shape index (κ3) is 4.44. The second kappa shape index (κ2) is 7.93. The van der Waals surface area contributed by atoms with Crippen molar-refractivity contribution in [3.05, 3.63) is 24.3 Å². The van der Waals surface area contributed by atoms with E-state index in [1.165, 1.54) is 6.26 Å². The summed E-state index contributed by atoms with van der Waals surface area (Å²) < 4.78 is 15.5. The fraction of sp³-hybridized carbons (Fsp3) is 0.500. The van der Waals surface area contributed by atoms with Crippen molar-refractivity contribution < 1.29 is 28.4 Å². The summed E-state index contributed by atoms with van der Waals surface area (Å²) in [5, 5.41) is 15.7. The lowest BCUT2D eigenvalue weighted by molar-refractivity contribution is -0.145. The molecule has 1 fully saturated rings. The van der Waals surface area contributed by atoms with Crippen molar-refractivity contribution in [2.45, 2.75) is 31.7 Å². The fourth-order valence-corrected chi connectivity index (χ4v) is 2.74. The molecule has 134 valence electrons. The minimum atomic E-state index is -1.05. The van der Waals surface area contributed by atoms with Crippen LogP contribution in [0.3, 0.4) is 0 Å². The number of hydrogen-bond acceptors (Lipinski definition) is 7. The zero-order chi connectivity index (χ0) is 17.6. The molecule has 0 saturated carbocycles. The van der Waals surface area contributed by atoms with Crippen LogP contribution in [0.4, 0.5) is 0 Å². The maximum Gasteiger partial charge on any atom is 0.326 e. The molecular formula is C16H19N3O6. The van der Waals surface area contributed by atoms with Crippen molar-refractivity contribution >= 4 is 11.9 Å². The number of ether oxygens (including phenoxy) is 1. The molecular weight excluding hydrogens is 330 g/mol. The Labute approximate surface area is 143 Å². The first-order valence-electron chi connectivity index (χ1n) is 8.10. The molecule has 2 unspecified atom stereocenters. The van der Waals surface area contributed by atoms with Crippen LogP contribution in [0, 0.1) is 5.92 Å². The van der Waals surface area contributed by atoms with Crippen molar-refractivity contribution in [3.63, 3.8) is 0 Å². The third-order valence-corrected chi connectivity index (χ3v) is 4.03. The molecule has 1 aliphatic heterocycles. The summed E-state index contributed by atoms with van der Waals surface area (Å²) >= 11 is 0.